The van der Waals surface area contributed by atoms with Crippen LogP contribution in [0.2, 0.25) is 0 Å². The lowest BCUT2D eigenvalue weighted by atomic mass is 10.1. The molecule has 1 aromatic heterocycles. The van der Waals surface area contributed by atoms with Crippen molar-refractivity contribution in [3.8, 4) is 0 Å². The average molecular weight is 198 g/mol. The van der Waals surface area contributed by atoms with E-state index in [1.54, 1.807) is 11.3 Å². The van der Waals surface area contributed by atoms with Crippen LogP contribution in [0.25, 0.3) is 0 Å². The molecule has 0 amide bonds. The molecule has 2 nitrogen and oxygen atoms in total. The number of nitrogens with one attached hydrogen (secondary N) is 1. The SMILES string of the molecule is CC(N)CNC(C)Cc1ccsc1. The number of rotatable bonds is 5. The molecular weight excluding hydrogens is 180 g/mol. The van der Waals surface area contributed by atoms with Gasteiger partial charge >= 0.3 is 0 Å². The minimum absolute atomic E-state index is 0.241. The first-order valence-electron chi connectivity index (χ1n) is 4.68. The van der Waals surface area contributed by atoms with E-state index in [2.05, 4.69) is 29.1 Å². The van der Waals surface area contributed by atoms with Crippen LogP contribution < -0.4 is 11.1 Å². The van der Waals surface area contributed by atoms with Crippen molar-refractivity contribution in [2.75, 3.05) is 6.54 Å². The minimum Gasteiger partial charge on any atom is -0.327 e. The van der Waals surface area contributed by atoms with Crippen LogP contribution in [0.1, 0.15) is 19.4 Å². The molecule has 0 aromatic carbocycles. The zero-order chi connectivity index (χ0) is 9.68. The molecule has 3 N–H and O–H groups in total. The Balaban J connectivity index is 2.22. The molecule has 13 heavy (non-hydrogen) atoms. The van der Waals surface area contributed by atoms with Crippen molar-refractivity contribution in [1.29, 1.82) is 0 Å². The fourth-order valence-electron chi connectivity index (χ4n) is 1.22. The van der Waals surface area contributed by atoms with Crippen LogP contribution >= 0.6 is 11.3 Å². The van der Waals surface area contributed by atoms with Crippen molar-refractivity contribution in [3.05, 3.63) is 22.4 Å². The van der Waals surface area contributed by atoms with E-state index in [-0.39, 0.29) is 6.04 Å². The van der Waals surface area contributed by atoms with E-state index >= 15 is 0 Å². The van der Waals surface area contributed by atoms with Crippen LogP contribution in [0.3, 0.4) is 0 Å². The number of hydrogen-bond donors (Lipinski definition) is 2. The molecule has 0 saturated carbocycles. The molecule has 1 heterocycles. The first kappa shape index (κ1) is 10.7. The Kier molecular flexibility index (Phi) is 4.42. The second kappa shape index (κ2) is 5.37. The number of hydrogen-bond acceptors (Lipinski definition) is 3. The summed E-state index contributed by atoms with van der Waals surface area (Å²) >= 11 is 1.75. The molecule has 0 spiro atoms. The second-order valence-corrected chi connectivity index (χ2v) is 4.40. The minimum atomic E-state index is 0.241. The standard InChI is InChI=1S/C10H18N2S/c1-8(11)6-12-9(2)5-10-3-4-13-7-10/h3-4,7-9,12H,5-6,11H2,1-2H3. The van der Waals surface area contributed by atoms with E-state index in [0.717, 1.165) is 13.0 Å². The van der Waals surface area contributed by atoms with Gasteiger partial charge in [0.15, 0.2) is 0 Å². The van der Waals surface area contributed by atoms with Crippen LogP contribution in [0.5, 0.6) is 0 Å². The maximum absolute atomic E-state index is 5.65. The summed E-state index contributed by atoms with van der Waals surface area (Å²) in [6, 6.07) is 2.93. The predicted octanol–water partition coefficient (Wildman–Crippen LogP) is 1.62. The molecule has 74 valence electrons. The van der Waals surface area contributed by atoms with Gasteiger partial charge in [0, 0.05) is 18.6 Å². The summed E-state index contributed by atoms with van der Waals surface area (Å²) in [7, 11) is 0. The molecule has 0 saturated heterocycles. The van der Waals surface area contributed by atoms with Crippen molar-refractivity contribution in [3.63, 3.8) is 0 Å². The molecule has 1 aromatic rings. The van der Waals surface area contributed by atoms with Crippen molar-refractivity contribution >= 4 is 11.3 Å². The van der Waals surface area contributed by atoms with Gasteiger partial charge in [0.1, 0.15) is 0 Å². The summed E-state index contributed by atoms with van der Waals surface area (Å²) in [5, 5.41) is 7.72. The zero-order valence-corrected chi connectivity index (χ0v) is 9.10. The van der Waals surface area contributed by atoms with Gasteiger partial charge in [0.05, 0.1) is 0 Å². The van der Waals surface area contributed by atoms with Gasteiger partial charge in [-0.1, -0.05) is 0 Å². The third-order valence-electron chi connectivity index (χ3n) is 1.91. The van der Waals surface area contributed by atoms with E-state index in [9.17, 15) is 0 Å². The number of thiophene rings is 1. The highest BCUT2D eigenvalue weighted by Gasteiger charge is 2.03. The molecule has 2 atom stereocenters. The number of nitrogens with two attached hydrogens (primary N) is 1. The predicted molar refractivity (Wildman–Crippen MR) is 59.1 cm³/mol. The van der Waals surface area contributed by atoms with Gasteiger partial charge in [0.25, 0.3) is 0 Å². The highest BCUT2D eigenvalue weighted by Crippen LogP contribution is 2.08. The summed E-state index contributed by atoms with van der Waals surface area (Å²) in [6.45, 7) is 5.11. The van der Waals surface area contributed by atoms with E-state index in [4.69, 9.17) is 5.73 Å². The van der Waals surface area contributed by atoms with Gasteiger partial charge in [-0.3, -0.25) is 0 Å². The monoisotopic (exact) mass is 198 g/mol. The van der Waals surface area contributed by atoms with Crippen molar-refractivity contribution < 1.29 is 0 Å². The zero-order valence-electron chi connectivity index (χ0n) is 8.29. The maximum atomic E-state index is 5.65. The van der Waals surface area contributed by atoms with Gasteiger partial charge in [-0.2, -0.15) is 11.3 Å². The van der Waals surface area contributed by atoms with Crippen molar-refractivity contribution in [1.82, 2.24) is 5.32 Å². The van der Waals surface area contributed by atoms with Crippen LogP contribution in [0.4, 0.5) is 0 Å². The molecule has 0 aliphatic carbocycles. The maximum Gasteiger partial charge on any atom is 0.0136 e. The lowest BCUT2D eigenvalue weighted by molar-refractivity contribution is 0.515. The summed E-state index contributed by atoms with van der Waals surface area (Å²) in [4.78, 5) is 0. The van der Waals surface area contributed by atoms with Crippen molar-refractivity contribution in [2.24, 2.45) is 5.73 Å². The fourth-order valence-corrected chi connectivity index (χ4v) is 1.90. The van der Waals surface area contributed by atoms with E-state index < -0.39 is 0 Å². The summed E-state index contributed by atoms with van der Waals surface area (Å²) in [5.41, 5.74) is 7.07. The van der Waals surface area contributed by atoms with Gasteiger partial charge < -0.3 is 11.1 Å². The van der Waals surface area contributed by atoms with Crippen LogP contribution in [-0.4, -0.2) is 18.6 Å². The summed E-state index contributed by atoms with van der Waals surface area (Å²) < 4.78 is 0. The molecule has 2 unspecified atom stereocenters. The molecule has 0 bridgehead atoms. The topological polar surface area (TPSA) is 38.0 Å². The molecular formula is C10H18N2S. The lowest BCUT2D eigenvalue weighted by Gasteiger charge is -2.14. The van der Waals surface area contributed by atoms with Crippen LogP contribution in [0, 0.1) is 0 Å². The summed E-state index contributed by atoms with van der Waals surface area (Å²) in [5.74, 6) is 0. The first-order chi connectivity index (χ1) is 6.18. The van der Waals surface area contributed by atoms with Gasteiger partial charge in [-0.05, 0) is 42.7 Å². The molecule has 0 fully saturated rings. The van der Waals surface area contributed by atoms with Crippen molar-refractivity contribution in [2.45, 2.75) is 32.4 Å². The third-order valence-corrected chi connectivity index (χ3v) is 2.64. The quantitative estimate of drug-likeness (QED) is 0.754. The Morgan fingerprint density at radius 2 is 2.31 bits per heavy atom. The highest BCUT2D eigenvalue weighted by atomic mass is 32.1. The lowest BCUT2D eigenvalue weighted by Crippen LogP contribution is -2.37. The largest absolute Gasteiger partial charge is 0.327 e. The highest BCUT2D eigenvalue weighted by molar-refractivity contribution is 7.07. The fraction of sp³-hybridized carbons (Fsp3) is 0.600. The molecule has 0 aliphatic rings. The van der Waals surface area contributed by atoms with Gasteiger partial charge in [-0.25, -0.2) is 0 Å². The summed E-state index contributed by atoms with van der Waals surface area (Å²) in [6.07, 6.45) is 1.09. The molecule has 0 aliphatic heterocycles. The van der Waals surface area contributed by atoms with E-state index in [0.29, 0.717) is 6.04 Å². The molecule has 1 rings (SSSR count). The van der Waals surface area contributed by atoms with Gasteiger partial charge in [-0.15, -0.1) is 0 Å². The Bertz CT molecular complexity index is 219. The molecule has 0 radical (unpaired) electrons. The average Bonchev–Trinajstić information content (AvgIpc) is 2.53. The van der Waals surface area contributed by atoms with Gasteiger partial charge in [0.2, 0.25) is 0 Å². The van der Waals surface area contributed by atoms with Crippen LogP contribution in [0.15, 0.2) is 16.8 Å². The Morgan fingerprint density at radius 3 is 2.85 bits per heavy atom. The third kappa shape index (κ3) is 4.41. The Morgan fingerprint density at radius 1 is 1.54 bits per heavy atom. The normalized spacial score (nSPS) is 15.6. The Hall–Kier alpha value is -0.380. The van der Waals surface area contributed by atoms with Crippen LogP contribution in [-0.2, 0) is 6.42 Å². The molecule has 3 heteroatoms. The Labute approximate surface area is 84.2 Å². The smallest absolute Gasteiger partial charge is 0.0136 e. The first-order valence-corrected chi connectivity index (χ1v) is 5.63. The second-order valence-electron chi connectivity index (χ2n) is 3.62. The van der Waals surface area contributed by atoms with E-state index in [1.807, 2.05) is 6.92 Å². The van der Waals surface area contributed by atoms with E-state index in [1.165, 1.54) is 5.56 Å².